The molecule has 26 heavy (non-hydrogen) atoms. The molecular formula is C18H15ClN2O3S2. The maximum atomic E-state index is 12.1. The summed E-state index contributed by atoms with van der Waals surface area (Å²) in [6.07, 6.45) is 0. The van der Waals surface area contributed by atoms with Crippen molar-refractivity contribution in [3.63, 3.8) is 0 Å². The third-order valence-corrected chi connectivity index (χ3v) is 5.43. The summed E-state index contributed by atoms with van der Waals surface area (Å²) in [6.45, 7) is 0.171. The fourth-order valence-electron chi connectivity index (χ4n) is 2.15. The molecule has 0 bridgehead atoms. The largest absolute Gasteiger partial charge is 0.451 e. The molecule has 0 N–H and O–H groups in total. The maximum absolute atomic E-state index is 12.1. The lowest BCUT2D eigenvalue weighted by Crippen LogP contribution is -2.30. The number of thiazole rings is 1. The summed E-state index contributed by atoms with van der Waals surface area (Å²) in [7, 11) is 1.68. The van der Waals surface area contributed by atoms with Crippen LogP contribution in [0.5, 0.6) is 0 Å². The second-order valence-corrected chi connectivity index (χ2v) is 7.58. The van der Waals surface area contributed by atoms with E-state index in [0.29, 0.717) is 16.6 Å². The number of aromatic nitrogens is 1. The lowest BCUT2D eigenvalue weighted by atomic mass is 10.2. The van der Waals surface area contributed by atoms with E-state index < -0.39 is 5.97 Å². The van der Waals surface area contributed by atoms with Gasteiger partial charge in [-0.05, 0) is 34.5 Å². The van der Waals surface area contributed by atoms with Gasteiger partial charge < -0.3 is 9.64 Å². The van der Waals surface area contributed by atoms with E-state index in [0.717, 1.165) is 11.1 Å². The highest BCUT2D eigenvalue weighted by molar-refractivity contribution is 7.13. The molecule has 0 radical (unpaired) electrons. The molecule has 0 saturated carbocycles. The average Bonchev–Trinajstić information content (AvgIpc) is 3.32. The zero-order valence-electron chi connectivity index (χ0n) is 13.8. The molecule has 2 aromatic heterocycles. The zero-order chi connectivity index (χ0) is 18.5. The van der Waals surface area contributed by atoms with E-state index in [1.807, 2.05) is 29.0 Å². The average molecular weight is 407 g/mol. The molecule has 3 aromatic rings. The summed E-state index contributed by atoms with van der Waals surface area (Å²) in [4.78, 5) is 30.0. The number of ether oxygens (including phenoxy) is 1. The summed E-state index contributed by atoms with van der Waals surface area (Å²) in [6, 6.07) is 9.14. The predicted octanol–water partition coefficient (Wildman–Crippen LogP) is 4.34. The van der Waals surface area contributed by atoms with Crippen molar-refractivity contribution in [3.05, 3.63) is 62.8 Å². The number of amides is 1. The molecule has 0 atom stereocenters. The molecule has 0 aliphatic heterocycles. The number of nitrogens with zero attached hydrogens (tertiary/aromatic N) is 2. The Labute approximate surface area is 163 Å². The SMILES string of the molecule is CN(Cc1ccsc1)C(=O)COC(=O)c1csc(-c2ccc(Cl)cc2)n1. The van der Waals surface area contributed by atoms with Gasteiger partial charge in [-0.1, -0.05) is 23.7 Å². The van der Waals surface area contributed by atoms with Crippen LogP contribution in [-0.2, 0) is 16.1 Å². The number of carbonyl (C=O) groups excluding carboxylic acids is 2. The van der Waals surface area contributed by atoms with Crippen molar-refractivity contribution < 1.29 is 14.3 Å². The molecule has 0 spiro atoms. The van der Waals surface area contributed by atoms with Gasteiger partial charge in [0.25, 0.3) is 5.91 Å². The highest BCUT2D eigenvalue weighted by atomic mass is 35.5. The van der Waals surface area contributed by atoms with Gasteiger partial charge in [0.2, 0.25) is 0 Å². The van der Waals surface area contributed by atoms with E-state index in [4.69, 9.17) is 16.3 Å². The normalized spacial score (nSPS) is 10.5. The van der Waals surface area contributed by atoms with E-state index in [-0.39, 0.29) is 18.2 Å². The Morgan fingerprint density at radius 1 is 1.19 bits per heavy atom. The number of rotatable bonds is 6. The second-order valence-electron chi connectivity index (χ2n) is 5.50. The van der Waals surface area contributed by atoms with Crippen LogP contribution in [0.1, 0.15) is 16.1 Å². The van der Waals surface area contributed by atoms with Gasteiger partial charge in [-0.2, -0.15) is 11.3 Å². The molecule has 1 amide bonds. The van der Waals surface area contributed by atoms with E-state index in [1.54, 1.807) is 35.9 Å². The zero-order valence-corrected chi connectivity index (χ0v) is 16.2. The van der Waals surface area contributed by atoms with Crippen LogP contribution in [0.25, 0.3) is 10.6 Å². The smallest absolute Gasteiger partial charge is 0.358 e. The summed E-state index contributed by atoms with van der Waals surface area (Å²) in [5.74, 6) is -0.878. The minimum absolute atomic E-state index is 0.188. The van der Waals surface area contributed by atoms with Crippen LogP contribution in [0.3, 0.4) is 0 Å². The van der Waals surface area contributed by atoms with E-state index in [1.165, 1.54) is 16.2 Å². The molecule has 1 aromatic carbocycles. The monoisotopic (exact) mass is 406 g/mol. The van der Waals surface area contributed by atoms with Crippen molar-refractivity contribution in [3.8, 4) is 10.6 Å². The summed E-state index contributed by atoms with van der Waals surface area (Å²) < 4.78 is 5.09. The fraction of sp³-hybridized carbons (Fsp3) is 0.167. The first-order valence-electron chi connectivity index (χ1n) is 7.66. The van der Waals surface area contributed by atoms with Gasteiger partial charge in [-0.3, -0.25) is 4.79 Å². The van der Waals surface area contributed by atoms with Gasteiger partial charge in [0.05, 0.1) is 0 Å². The number of thiophene rings is 1. The molecular weight excluding hydrogens is 392 g/mol. The quantitative estimate of drug-likeness (QED) is 0.571. The molecule has 5 nitrogen and oxygen atoms in total. The third-order valence-electron chi connectivity index (χ3n) is 3.56. The van der Waals surface area contributed by atoms with E-state index in [9.17, 15) is 9.59 Å². The Bertz CT molecular complexity index is 892. The Balaban J connectivity index is 1.55. The van der Waals surface area contributed by atoms with E-state index >= 15 is 0 Å². The number of esters is 1. The Morgan fingerprint density at radius 3 is 2.65 bits per heavy atom. The standard InChI is InChI=1S/C18H15ClN2O3S2/c1-21(8-12-6-7-25-10-12)16(22)9-24-18(23)15-11-26-17(20-15)13-2-4-14(19)5-3-13/h2-7,10-11H,8-9H2,1H3. The first-order valence-corrected chi connectivity index (χ1v) is 9.86. The highest BCUT2D eigenvalue weighted by Gasteiger charge is 2.17. The Hall–Kier alpha value is -2.22. The summed E-state index contributed by atoms with van der Waals surface area (Å²) >= 11 is 8.77. The van der Waals surface area contributed by atoms with Crippen molar-refractivity contribution in [2.45, 2.75) is 6.54 Å². The summed E-state index contributed by atoms with van der Waals surface area (Å²) in [5, 5.41) is 6.87. The van der Waals surface area contributed by atoms with Gasteiger partial charge in [0.15, 0.2) is 12.3 Å². The van der Waals surface area contributed by atoms with Crippen LogP contribution in [0.2, 0.25) is 5.02 Å². The molecule has 2 heterocycles. The predicted molar refractivity (Wildman–Crippen MR) is 104 cm³/mol. The van der Waals surface area contributed by atoms with Crippen molar-refractivity contribution >= 4 is 46.2 Å². The first-order chi connectivity index (χ1) is 12.5. The molecule has 0 saturated heterocycles. The molecule has 134 valence electrons. The Morgan fingerprint density at radius 2 is 1.96 bits per heavy atom. The molecule has 0 unspecified atom stereocenters. The number of benzene rings is 1. The summed E-state index contributed by atoms with van der Waals surface area (Å²) in [5.41, 5.74) is 2.10. The van der Waals surface area contributed by atoms with Gasteiger partial charge in [-0.25, -0.2) is 9.78 Å². The maximum Gasteiger partial charge on any atom is 0.358 e. The minimum Gasteiger partial charge on any atom is -0.451 e. The van der Waals surface area contributed by atoms with Crippen molar-refractivity contribution in [1.82, 2.24) is 9.88 Å². The third kappa shape index (κ3) is 4.69. The van der Waals surface area contributed by atoms with Crippen molar-refractivity contribution in [2.24, 2.45) is 0 Å². The first kappa shape index (κ1) is 18.6. The molecule has 0 aliphatic rings. The Kier molecular flexibility index (Phi) is 6.03. The van der Waals surface area contributed by atoms with Crippen molar-refractivity contribution in [1.29, 1.82) is 0 Å². The number of carbonyl (C=O) groups is 2. The van der Waals surface area contributed by atoms with Crippen LogP contribution >= 0.6 is 34.3 Å². The van der Waals surface area contributed by atoms with Crippen LogP contribution in [0, 0.1) is 0 Å². The highest BCUT2D eigenvalue weighted by Crippen LogP contribution is 2.25. The lowest BCUT2D eigenvalue weighted by molar-refractivity contribution is -0.133. The topological polar surface area (TPSA) is 59.5 Å². The minimum atomic E-state index is -0.612. The molecule has 0 fully saturated rings. The van der Waals surface area contributed by atoms with Gasteiger partial charge in [0.1, 0.15) is 5.01 Å². The van der Waals surface area contributed by atoms with Crippen LogP contribution < -0.4 is 0 Å². The molecule has 8 heteroatoms. The fourth-order valence-corrected chi connectivity index (χ4v) is 3.73. The second kappa shape index (κ2) is 8.44. The van der Waals surface area contributed by atoms with Gasteiger partial charge >= 0.3 is 5.97 Å². The number of hydrogen-bond acceptors (Lipinski definition) is 6. The number of halogens is 1. The lowest BCUT2D eigenvalue weighted by Gasteiger charge is -2.16. The van der Waals surface area contributed by atoms with Crippen LogP contribution in [0.4, 0.5) is 0 Å². The van der Waals surface area contributed by atoms with Crippen LogP contribution in [0.15, 0.2) is 46.5 Å². The van der Waals surface area contributed by atoms with E-state index in [2.05, 4.69) is 4.98 Å². The molecule has 3 rings (SSSR count). The number of hydrogen-bond donors (Lipinski definition) is 0. The van der Waals surface area contributed by atoms with Gasteiger partial charge in [0, 0.05) is 29.6 Å². The van der Waals surface area contributed by atoms with Gasteiger partial charge in [-0.15, -0.1) is 11.3 Å². The van der Waals surface area contributed by atoms with Crippen molar-refractivity contribution in [2.75, 3.05) is 13.7 Å². The van der Waals surface area contributed by atoms with Crippen LogP contribution in [-0.4, -0.2) is 35.4 Å². The number of likely N-dealkylation sites (N-methyl/N-ethyl adjacent to an activating group) is 1. The molecule has 0 aliphatic carbocycles.